The van der Waals surface area contributed by atoms with Crippen LogP contribution < -0.4 is 10.6 Å². The van der Waals surface area contributed by atoms with Gasteiger partial charge in [-0.15, -0.1) is 0 Å². The monoisotopic (exact) mass is 288 g/mol. The first-order valence-electron chi connectivity index (χ1n) is 5.09. The smallest absolute Gasteiger partial charge is 0.228 e. The summed E-state index contributed by atoms with van der Waals surface area (Å²) in [5, 5.41) is 9.78. The highest BCUT2D eigenvalue weighted by Gasteiger charge is 2.19. The zero-order chi connectivity index (χ0) is 12.3. The van der Waals surface area contributed by atoms with Crippen LogP contribution >= 0.6 is 15.9 Å². The molecule has 0 aliphatic rings. The van der Waals surface area contributed by atoms with Crippen LogP contribution in [-0.2, 0) is 0 Å². The molecule has 1 aromatic heterocycles. The van der Waals surface area contributed by atoms with E-state index in [-0.39, 0.29) is 0 Å². The Labute approximate surface area is 104 Å². The number of aliphatic hydroxyl groups is 1. The van der Waals surface area contributed by atoms with E-state index in [4.69, 9.17) is 5.73 Å². The van der Waals surface area contributed by atoms with Gasteiger partial charge >= 0.3 is 0 Å². The van der Waals surface area contributed by atoms with E-state index in [0.717, 1.165) is 0 Å². The first-order chi connectivity index (χ1) is 7.31. The predicted molar refractivity (Wildman–Crippen MR) is 68.3 cm³/mol. The fourth-order valence-electron chi connectivity index (χ4n) is 1.36. The van der Waals surface area contributed by atoms with Gasteiger partial charge in [-0.25, -0.2) is 4.98 Å². The molecule has 1 heterocycles. The highest BCUT2D eigenvalue weighted by molar-refractivity contribution is 9.10. The third-order valence-corrected chi connectivity index (χ3v) is 2.35. The minimum Gasteiger partial charge on any atom is -0.389 e. The Morgan fingerprint density at radius 2 is 2.12 bits per heavy atom. The molecule has 5 nitrogen and oxygen atoms in total. The van der Waals surface area contributed by atoms with Gasteiger partial charge in [-0.2, -0.15) is 4.98 Å². The van der Waals surface area contributed by atoms with Gasteiger partial charge in [0, 0.05) is 19.2 Å². The lowest BCUT2D eigenvalue weighted by Gasteiger charge is -2.28. The lowest BCUT2D eigenvalue weighted by atomic mass is 10.1. The SMILES string of the molecule is CCN(CC(C)(C)O)c1nc(N)cc(Br)n1. The number of nitrogen functional groups attached to an aromatic ring is 1. The molecule has 0 saturated heterocycles. The molecule has 0 aromatic carbocycles. The zero-order valence-electron chi connectivity index (χ0n) is 9.74. The summed E-state index contributed by atoms with van der Waals surface area (Å²) in [7, 11) is 0. The van der Waals surface area contributed by atoms with E-state index in [1.165, 1.54) is 0 Å². The van der Waals surface area contributed by atoms with Crippen molar-refractivity contribution in [2.75, 3.05) is 23.7 Å². The van der Waals surface area contributed by atoms with E-state index >= 15 is 0 Å². The number of hydrogen-bond acceptors (Lipinski definition) is 5. The number of nitrogens with two attached hydrogens (primary N) is 1. The van der Waals surface area contributed by atoms with E-state index < -0.39 is 5.60 Å². The maximum absolute atomic E-state index is 9.78. The number of aromatic nitrogens is 2. The van der Waals surface area contributed by atoms with E-state index in [1.807, 2.05) is 11.8 Å². The molecule has 90 valence electrons. The van der Waals surface area contributed by atoms with Crippen molar-refractivity contribution in [2.24, 2.45) is 0 Å². The number of hydrogen-bond donors (Lipinski definition) is 2. The fraction of sp³-hybridized carbons (Fsp3) is 0.600. The summed E-state index contributed by atoms with van der Waals surface area (Å²) in [6.45, 7) is 6.64. The van der Waals surface area contributed by atoms with Crippen LogP contribution in [0.25, 0.3) is 0 Å². The van der Waals surface area contributed by atoms with Gasteiger partial charge in [-0.3, -0.25) is 0 Å². The molecule has 6 heteroatoms. The van der Waals surface area contributed by atoms with Crippen molar-refractivity contribution in [3.8, 4) is 0 Å². The van der Waals surface area contributed by atoms with Gasteiger partial charge in [0.05, 0.1) is 5.60 Å². The summed E-state index contributed by atoms with van der Waals surface area (Å²) in [4.78, 5) is 10.2. The summed E-state index contributed by atoms with van der Waals surface area (Å²) in [6.07, 6.45) is 0. The topological polar surface area (TPSA) is 75.3 Å². The summed E-state index contributed by atoms with van der Waals surface area (Å²) < 4.78 is 0.643. The highest BCUT2D eigenvalue weighted by atomic mass is 79.9. The summed E-state index contributed by atoms with van der Waals surface area (Å²) >= 11 is 3.27. The minimum atomic E-state index is -0.795. The number of rotatable bonds is 4. The summed E-state index contributed by atoms with van der Waals surface area (Å²) in [5.41, 5.74) is 4.85. The second kappa shape index (κ2) is 4.97. The maximum Gasteiger partial charge on any atom is 0.228 e. The van der Waals surface area contributed by atoms with Crippen LogP contribution in [0.4, 0.5) is 11.8 Å². The van der Waals surface area contributed by atoms with Crippen LogP contribution in [0.15, 0.2) is 10.7 Å². The number of anilines is 2. The quantitative estimate of drug-likeness (QED) is 0.820. The molecule has 0 unspecified atom stereocenters. The van der Waals surface area contributed by atoms with E-state index in [0.29, 0.717) is 29.5 Å². The molecule has 0 atom stereocenters. The first kappa shape index (κ1) is 13.2. The molecule has 0 saturated carbocycles. The van der Waals surface area contributed by atoms with Gasteiger partial charge in [-0.1, -0.05) is 0 Å². The minimum absolute atomic E-state index is 0.408. The van der Waals surface area contributed by atoms with Crippen LogP contribution in [0, 0.1) is 0 Å². The average Bonchev–Trinajstić information content (AvgIpc) is 2.11. The second-order valence-corrected chi connectivity index (χ2v) is 5.05. The van der Waals surface area contributed by atoms with Crippen molar-refractivity contribution in [2.45, 2.75) is 26.4 Å². The van der Waals surface area contributed by atoms with Gasteiger partial charge < -0.3 is 15.7 Å². The molecule has 1 rings (SSSR count). The maximum atomic E-state index is 9.78. The van der Waals surface area contributed by atoms with Crippen LogP contribution in [0.3, 0.4) is 0 Å². The summed E-state index contributed by atoms with van der Waals surface area (Å²) in [5.74, 6) is 0.933. The standard InChI is InChI=1S/C10H17BrN4O/c1-4-15(6-10(2,3)16)9-13-7(11)5-8(12)14-9/h5,16H,4,6H2,1-3H3,(H2,12,13,14). The van der Waals surface area contributed by atoms with E-state index in [2.05, 4.69) is 25.9 Å². The molecule has 0 spiro atoms. The van der Waals surface area contributed by atoms with Gasteiger partial charge in [-0.05, 0) is 36.7 Å². The van der Waals surface area contributed by atoms with Crippen molar-refractivity contribution >= 4 is 27.7 Å². The lowest BCUT2D eigenvalue weighted by molar-refractivity contribution is 0.0872. The Balaban J connectivity index is 2.95. The molecule has 3 N–H and O–H groups in total. The number of halogens is 1. The Kier molecular flexibility index (Phi) is 4.09. The van der Waals surface area contributed by atoms with Crippen molar-refractivity contribution in [3.63, 3.8) is 0 Å². The number of nitrogens with zero attached hydrogens (tertiary/aromatic N) is 3. The van der Waals surface area contributed by atoms with Gasteiger partial charge in [0.2, 0.25) is 5.95 Å². The average molecular weight is 289 g/mol. The Bertz CT molecular complexity index is 344. The second-order valence-electron chi connectivity index (χ2n) is 4.24. The first-order valence-corrected chi connectivity index (χ1v) is 5.88. The lowest BCUT2D eigenvalue weighted by Crippen LogP contribution is -2.39. The molecule has 1 aromatic rings. The Morgan fingerprint density at radius 3 is 2.56 bits per heavy atom. The molecule has 0 aliphatic carbocycles. The third-order valence-electron chi connectivity index (χ3n) is 1.95. The zero-order valence-corrected chi connectivity index (χ0v) is 11.3. The van der Waals surface area contributed by atoms with Gasteiger partial charge in [0.1, 0.15) is 10.4 Å². The Morgan fingerprint density at radius 1 is 1.50 bits per heavy atom. The molecule has 0 aliphatic heterocycles. The van der Waals surface area contributed by atoms with Crippen LogP contribution in [0.1, 0.15) is 20.8 Å². The molecule has 16 heavy (non-hydrogen) atoms. The molecule has 0 fully saturated rings. The molecule has 0 radical (unpaired) electrons. The van der Waals surface area contributed by atoms with Crippen molar-refractivity contribution < 1.29 is 5.11 Å². The molecular weight excluding hydrogens is 272 g/mol. The van der Waals surface area contributed by atoms with Crippen molar-refractivity contribution in [3.05, 3.63) is 10.7 Å². The van der Waals surface area contributed by atoms with Crippen molar-refractivity contribution in [1.29, 1.82) is 0 Å². The Hall–Kier alpha value is -0.880. The number of likely N-dealkylation sites (N-methyl/N-ethyl adjacent to an activating group) is 1. The predicted octanol–water partition coefficient (Wildman–Crippen LogP) is 1.42. The third kappa shape index (κ3) is 3.94. The molecular formula is C10H17BrN4O. The van der Waals surface area contributed by atoms with Crippen molar-refractivity contribution in [1.82, 2.24) is 9.97 Å². The van der Waals surface area contributed by atoms with Crippen LogP contribution in [0.2, 0.25) is 0 Å². The largest absolute Gasteiger partial charge is 0.389 e. The molecule has 0 bridgehead atoms. The van der Waals surface area contributed by atoms with E-state index in [9.17, 15) is 5.11 Å². The molecule has 0 amide bonds. The van der Waals surface area contributed by atoms with Gasteiger partial charge in [0.15, 0.2) is 0 Å². The van der Waals surface area contributed by atoms with Gasteiger partial charge in [0.25, 0.3) is 0 Å². The highest BCUT2D eigenvalue weighted by Crippen LogP contribution is 2.17. The van der Waals surface area contributed by atoms with Crippen LogP contribution in [-0.4, -0.2) is 33.8 Å². The van der Waals surface area contributed by atoms with Crippen LogP contribution in [0.5, 0.6) is 0 Å². The van der Waals surface area contributed by atoms with E-state index in [1.54, 1.807) is 19.9 Å². The fourth-order valence-corrected chi connectivity index (χ4v) is 1.75. The normalized spacial score (nSPS) is 11.6. The summed E-state index contributed by atoms with van der Waals surface area (Å²) in [6, 6.07) is 1.64.